The van der Waals surface area contributed by atoms with E-state index in [0.717, 1.165) is 18.3 Å². The molecule has 37 heavy (non-hydrogen) atoms. The lowest BCUT2D eigenvalue weighted by molar-refractivity contribution is -0.133. The van der Waals surface area contributed by atoms with Gasteiger partial charge in [-0.05, 0) is 82.1 Å². The molecule has 1 N–H and O–H groups in total. The van der Waals surface area contributed by atoms with Crippen molar-refractivity contribution in [3.8, 4) is 0 Å². The number of ether oxygens (including phenoxy) is 1. The van der Waals surface area contributed by atoms with Crippen molar-refractivity contribution in [2.75, 3.05) is 18.0 Å². The fourth-order valence-electron chi connectivity index (χ4n) is 4.44. The summed E-state index contributed by atoms with van der Waals surface area (Å²) in [6.07, 6.45) is 4.70. The second kappa shape index (κ2) is 10.8. The van der Waals surface area contributed by atoms with Gasteiger partial charge in [0.2, 0.25) is 11.9 Å². The number of aromatic nitrogens is 2. The van der Waals surface area contributed by atoms with Gasteiger partial charge in [-0.15, -0.1) is 0 Å². The molecule has 2 aliphatic heterocycles. The normalized spacial score (nSPS) is 21.8. The number of amides is 2. The van der Waals surface area contributed by atoms with Gasteiger partial charge >= 0.3 is 13.2 Å². The molecule has 1 aromatic rings. The molecule has 0 saturated carbocycles. The average molecular weight is 517 g/mol. The molecule has 0 aromatic carbocycles. The third-order valence-electron chi connectivity index (χ3n) is 7.24. The summed E-state index contributed by atoms with van der Waals surface area (Å²) >= 11 is 0. The predicted molar refractivity (Wildman–Crippen MR) is 144 cm³/mol. The van der Waals surface area contributed by atoms with Gasteiger partial charge in [0.1, 0.15) is 11.6 Å². The van der Waals surface area contributed by atoms with Gasteiger partial charge in [0.15, 0.2) is 0 Å². The van der Waals surface area contributed by atoms with Crippen molar-refractivity contribution in [2.24, 2.45) is 0 Å². The van der Waals surface area contributed by atoms with Crippen molar-refractivity contribution in [1.29, 1.82) is 0 Å². The first-order valence-corrected chi connectivity index (χ1v) is 13.2. The van der Waals surface area contributed by atoms with E-state index < -0.39 is 36.1 Å². The molecular weight excluding hydrogens is 473 g/mol. The summed E-state index contributed by atoms with van der Waals surface area (Å²) in [5, 5.41) is 2.67. The molecule has 2 amide bonds. The molecule has 10 nitrogen and oxygen atoms in total. The Morgan fingerprint density at radius 3 is 2.24 bits per heavy atom. The number of alkyl carbamates (subject to hydrolysis) is 1. The van der Waals surface area contributed by atoms with Crippen molar-refractivity contribution in [1.82, 2.24) is 20.2 Å². The van der Waals surface area contributed by atoms with E-state index >= 15 is 0 Å². The molecule has 0 aliphatic carbocycles. The van der Waals surface area contributed by atoms with Crippen LogP contribution >= 0.6 is 0 Å². The van der Waals surface area contributed by atoms with Gasteiger partial charge in [-0.2, -0.15) is 0 Å². The van der Waals surface area contributed by atoms with Crippen LogP contribution in [0.1, 0.15) is 82.1 Å². The molecule has 0 bridgehead atoms. The van der Waals surface area contributed by atoms with E-state index in [9.17, 15) is 9.59 Å². The van der Waals surface area contributed by atoms with E-state index in [2.05, 4.69) is 34.0 Å². The van der Waals surface area contributed by atoms with Gasteiger partial charge in [0.05, 0.1) is 11.2 Å². The molecule has 2 atom stereocenters. The molecule has 11 heteroatoms. The Morgan fingerprint density at radius 1 is 1.16 bits per heavy atom. The lowest BCUT2D eigenvalue weighted by Crippen LogP contribution is -2.52. The smallest absolute Gasteiger partial charge is 0.444 e. The zero-order chi connectivity index (χ0) is 27.8. The lowest BCUT2D eigenvalue weighted by Gasteiger charge is -2.34. The number of nitrogens with one attached hydrogen (secondary N) is 1. The zero-order valence-corrected chi connectivity index (χ0v) is 24.1. The van der Waals surface area contributed by atoms with Crippen LogP contribution < -0.4 is 15.7 Å². The van der Waals surface area contributed by atoms with E-state index in [0.29, 0.717) is 19.0 Å². The number of hydrogen-bond donors (Lipinski definition) is 1. The van der Waals surface area contributed by atoms with Gasteiger partial charge in [0, 0.05) is 43.0 Å². The molecule has 1 aromatic heterocycles. The first-order chi connectivity index (χ1) is 17.0. The van der Waals surface area contributed by atoms with Crippen molar-refractivity contribution in [3.63, 3.8) is 0 Å². The van der Waals surface area contributed by atoms with Crippen LogP contribution in [0.25, 0.3) is 0 Å². The third-order valence-corrected chi connectivity index (χ3v) is 7.24. The quantitative estimate of drug-likeness (QED) is 0.551. The van der Waals surface area contributed by atoms with E-state index in [1.54, 1.807) is 40.1 Å². The molecular formula is C26H44BN5O5. The number of rotatable bonds is 7. The molecule has 2 aliphatic rings. The van der Waals surface area contributed by atoms with E-state index in [1.807, 2.05) is 32.6 Å². The Kier molecular flexibility index (Phi) is 8.49. The van der Waals surface area contributed by atoms with Crippen LogP contribution in [0.2, 0.25) is 0 Å². The van der Waals surface area contributed by atoms with Crippen LogP contribution in [0.5, 0.6) is 0 Å². The van der Waals surface area contributed by atoms with Crippen LogP contribution in [0.4, 0.5) is 10.7 Å². The zero-order valence-electron chi connectivity index (χ0n) is 24.1. The molecule has 0 unspecified atom stereocenters. The Hall–Kier alpha value is -2.40. The van der Waals surface area contributed by atoms with Crippen molar-refractivity contribution < 1.29 is 23.6 Å². The largest absolute Gasteiger partial charge is 0.498 e. The molecule has 3 rings (SSSR count). The van der Waals surface area contributed by atoms with Gasteiger partial charge in [-0.3, -0.25) is 4.79 Å². The maximum atomic E-state index is 13.2. The van der Waals surface area contributed by atoms with E-state index in [-0.39, 0.29) is 18.0 Å². The van der Waals surface area contributed by atoms with Crippen LogP contribution in [0, 0.1) is 0 Å². The summed E-state index contributed by atoms with van der Waals surface area (Å²) in [5.41, 5.74) is -0.729. The molecule has 206 valence electrons. The summed E-state index contributed by atoms with van der Waals surface area (Å²) in [7, 11) is -0.520. The fourth-order valence-corrected chi connectivity index (χ4v) is 4.44. The number of carbonyl (C=O) groups is 2. The number of anilines is 1. The van der Waals surface area contributed by atoms with Crippen molar-refractivity contribution in [3.05, 3.63) is 12.4 Å². The Labute approximate surface area is 222 Å². The number of carbonyl (C=O) groups excluding carboxylic acids is 2. The molecule has 0 spiro atoms. The van der Waals surface area contributed by atoms with Crippen LogP contribution in [-0.4, -0.2) is 82.0 Å². The first-order valence-electron chi connectivity index (χ1n) is 13.2. The highest BCUT2D eigenvalue weighted by atomic mass is 16.7. The fraction of sp³-hybridized carbons (Fsp3) is 0.769. The Balaban J connectivity index is 1.67. The van der Waals surface area contributed by atoms with Crippen LogP contribution in [0.15, 0.2) is 12.4 Å². The predicted octanol–water partition coefficient (Wildman–Crippen LogP) is 2.89. The summed E-state index contributed by atoms with van der Waals surface area (Å²) < 4.78 is 17.6. The van der Waals surface area contributed by atoms with Gasteiger partial charge in [-0.1, -0.05) is 0 Å². The average Bonchev–Trinajstić information content (AvgIpc) is 3.31. The van der Waals surface area contributed by atoms with E-state index in [1.165, 1.54) is 0 Å². The molecule has 2 fully saturated rings. The highest BCUT2D eigenvalue weighted by molar-refractivity contribution is 6.61. The van der Waals surface area contributed by atoms with Gasteiger partial charge in [-0.25, -0.2) is 14.8 Å². The van der Waals surface area contributed by atoms with Gasteiger partial charge in [0.25, 0.3) is 0 Å². The SMILES string of the molecule is CC(C)N(C[C@H]1CCCN1C(=O)[C@H](C)NC(=O)OC(C)(C)C)c1ncc(B2OC(C)(C)C(C)(C)O2)cn1. The first kappa shape index (κ1) is 29.2. The summed E-state index contributed by atoms with van der Waals surface area (Å²) in [6.45, 7) is 20.5. The van der Waals surface area contributed by atoms with Gasteiger partial charge < -0.3 is 29.2 Å². The highest BCUT2D eigenvalue weighted by Crippen LogP contribution is 2.36. The summed E-state index contributed by atoms with van der Waals surface area (Å²) in [5.74, 6) is 0.476. The maximum absolute atomic E-state index is 13.2. The Morgan fingerprint density at radius 2 is 1.73 bits per heavy atom. The molecule has 0 radical (unpaired) electrons. The van der Waals surface area contributed by atoms with E-state index in [4.69, 9.17) is 14.0 Å². The lowest BCUT2D eigenvalue weighted by atomic mass is 9.81. The standard InChI is InChI=1S/C26H44BN5O5/c1-17(2)32(22-28-14-19(15-29-22)27-36-25(7,8)26(9,10)37-27)16-20-12-11-13-31(20)21(33)18(3)30-23(34)35-24(4,5)6/h14-15,17-18,20H,11-13,16H2,1-10H3,(H,30,34)/t18-,20+/m0/s1. The highest BCUT2D eigenvalue weighted by Gasteiger charge is 2.52. The number of hydrogen-bond acceptors (Lipinski definition) is 8. The third kappa shape index (κ3) is 6.93. The monoisotopic (exact) mass is 517 g/mol. The summed E-state index contributed by atoms with van der Waals surface area (Å²) in [6, 6.07) is -0.569. The topological polar surface area (TPSA) is 106 Å². The molecule has 2 saturated heterocycles. The second-order valence-corrected chi connectivity index (χ2v) is 12.3. The maximum Gasteiger partial charge on any atom is 0.498 e. The van der Waals surface area contributed by atoms with Crippen molar-refractivity contribution in [2.45, 2.75) is 117 Å². The Bertz CT molecular complexity index is 947. The number of likely N-dealkylation sites (tertiary alicyclic amines) is 1. The minimum absolute atomic E-state index is 0.0100. The second-order valence-electron chi connectivity index (χ2n) is 12.3. The van der Waals surface area contributed by atoms with Crippen LogP contribution in [-0.2, 0) is 18.8 Å². The minimum atomic E-state index is -0.682. The number of nitrogens with zero attached hydrogens (tertiary/aromatic N) is 4. The molecule has 3 heterocycles. The minimum Gasteiger partial charge on any atom is -0.444 e. The summed E-state index contributed by atoms with van der Waals surface area (Å²) in [4.78, 5) is 38.6. The van der Waals surface area contributed by atoms with Crippen molar-refractivity contribution >= 4 is 30.5 Å². The van der Waals surface area contributed by atoms with Crippen LogP contribution in [0.3, 0.4) is 0 Å².